The number of aryl methyl sites for hydroxylation is 1. The van der Waals surface area contributed by atoms with Crippen molar-refractivity contribution >= 4 is 27.5 Å². The van der Waals surface area contributed by atoms with Crippen LogP contribution in [0.2, 0.25) is 0 Å². The van der Waals surface area contributed by atoms with Gasteiger partial charge in [0.15, 0.2) is 0 Å². The van der Waals surface area contributed by atoms with Crippen molar-refractivity contribution < 1.29 is 4.79 Å². The number of rotatable bonds is 3. The van der Waals surface area contributed by atoms with Crippen molar-refractivity contribution in [3.8, 4) is 0 Å². The van der Waals surface area contributed by atoms with E-state index in [4.69, 9.17) is 4.98 Å². The average molecular weight is 382 g/mol. The van der Waals surface area contributed by atoms with Crippen molar-refractivity contribution in [2.45, 2.75) is 52.5 Å². The van der Waals surface area contributed by atoms with Gasteiger partial charge in [-0.15, -0.1) is 11.3 Å². The maximum Gasteiger partial charge on any atom is 0.255 e. The number of fused-ring (bicyclic) bond motifs is 1. The van der Waals surface area contributed by atoms with Gasteiger partial charge >= 0.3 is 0 Å². The molecule has 0 spiro atoms. The molecule has 4 rings (SSSR count). The Hall–Kier alpha value is -2.14. The van der Waals surface area contributed by atoms with Crippen LogP contribution in [0.1, 0.15) is 65.4 Å². The molecule has 1 saturated heterocycles. The third kappa shape index (κ3) is 3.29. The van der Waals surface area contributed by atoms with E-state index in [-0.39, 0.29) is 5.91 Å². The van der Waals surface area contributed by atoms with E-state index in [2.05, 4.69) is 56.5 Å². The van der Waals surface area contributed by atoms with Gasteiger partial charge in [-0.05, 0) is 58.7 Å². The topological polar surface area (TPSA) is 38.1 Å². The van der Waals surface area contributed by atoms with Crippen LogP contribution in [-0.2, 0) is 0 Å². The van der Waals surface area contributed by atoms with Crippen LogP contribution >= 0.6 is 11.3 Å². The van der Waals surface area contributed by atoms with Crippen molar-refractivity contribution in [3.63, 3.8) is 0 Å². The van der Waals surface area contributed by atoms with Crippen molar-refractivity contribution in [2.75, 3.05) is 13.1 Å². The Balaban J connectivity index is 1.58. The zero-order valence-electron chi connectivity index (χ0n) is 16.5. The van der Waals surface area contributed by atoms with E-state index in [1.165, 1.54) is 9.71 Å². The largest absolute Gasteiger partial charge is 0.346 e. The fourth-order valence-corrected chi connectivity index (χ4v) is 5.48. The van der Waals surface area contributed by atoms with E-state index < -0.39 is 0 Å². The number of hydrogen-bond donors (Lipinski definition) is 0. The first kappa shape index (κ1) is 18.2. The van der Waals surface area contributed by atoms with Gasteiger partial charge in [0, 0.05) is 36.4 Å². The number of likely N-dealkylation sites (tertiary alicyclic amines) is 1. The molecule has 1 atom stereocenters. The maximum atomic E-state index is 13.3. The highest BCUT2D eigenvalue weighted by Crippen LogP contribution is 2.33. The van der Waals surface area contributed by atoms with Crippen molar-refractivity contribution in [2.24, 2.45) is 0 Å². The van der Waals surface area contributed by atoms with Gasteiger partial charge in [-0.2, -0.15) is 0 Å². The number of hydrogen-bond acceptors (Lipinski definition) is 3. The second-order valence-corrected chi connectivity index (χ2v) is 8.92. The summed E-state index contributed by atoms with van der Waals surface area (Å²) in [5, 5.41) is 1.17. The molecule has 1 fully saturated rings. The zero-order chi connectivity index (χ0) is 19.1. The lowest BCUT2D eigenvalue weighted by molar-refractivity contribution is 0.0706. The minimum absolute atomic E-state index is 0.167. The SMILES string of the molecule is Cc1cc(C(=O)N2CCC[C@H](c3nc4ccccc4s3)C2)c(C)n1C(C)C. The molecule has 1 aliphatic heterocycles. The van der Waals surface area contributed by atoms with Crippen LogP contribution < -0.4 is 0 Å². The Kier molecular flexibility index (Phi) is 4.81. The lowest BCUT2D eigenvalue weighted by atomic mass is 9.98. The van der Waals surface area contributed by atoms with Crippen LogP contribution in [0, 0.1) is 13.8 Å². The van der Waals surface area contributed by atoms with Gasteiger partial charge < -0.3 is 9.47 Å². The van der Waals surface area contributed by atoms with E-state index in [0.29, 0.717) is 12.0 Å². The highest BCUT2D eigenvalue weighted by Gasteiger charge is 2.29. The molecule has 0 aliphatic carbocycles. The van der Waals surface area contributed by atoms with Gasteiger partial charge in [-0.25, -0.2) is 4.98 Å². The number of carbonyl (C=O) groups excluding carboxylic acids is 1. The summed E-state index contributed by atoms with van der Waals surface area (Å²) in [6.07, 6.45) is 2.14. The summed E-state index contributed by atoms with van der Waals surface area (Å²) < 4.78 is 3.48. The number of benzene rings is 1. The molecule has 3 aromatic rings. The summed E-state index contributed by atoms with van der Waals surface area (Å²) in [7, 11) is 0. The van der Waals surface area contributed by atoms with Crippen LogP contribution in [0.4, 0.5) is 0 Å². The van der Waals surface area contributed by atoms with Gasteiger partial charge in [-0.1, -0.05) is 12.1 Å². The molecule has 27 heavy (non-hydrogen) atoms. The molecule has 0 unspecified atom stereocenters. The first-order valence-corrected chi connectivity index (χ1v) is 10.6. The van der Waals surface area contributed by atoms with Crippen molar-refractivity contribution in [1.29, 1.82) is 0 Å². The maximum absolute atomic E-state index is 13.3. The predicted octanol–water partition coefficient (Wildman–Crippen LogP) is 5.32. The summed E-state index contributed by atoms with van der Waals surface area (Å²) in [5.74, 6) is 0.509. The molecule has 0 N–H and O–H groups in total. The summed E-state index contributed by atoms with van der Waals surface area (Å²) >= 11 is 1.77. The van der Waals surface area contributed by atoms with Gasteiger partial charge in [0.2, 0.25) is 0 Å². The van der Waals surface area contributed by atoms with Crippen LogP contribution in [0.15, 0.2) is 30.3 Å². The Morgan fingerprint density at radius 2 is 2.04 bits per heavy atom. The van der Waals surface area contributed by atoms with Gasteiger partial charge in [0.25, 0.3) is 5.91 Å². The van der Waals surface area contributed by atoms with E-state index in [0.717, 1.165) is 48.4 Å². The number of para-hydroxylation sites is 1. The van der Waals surface area contributed by atoms with Crippen LogP contribution in [0.5, 0.6) is 0 Å². The predicted molar refractivity (Wildman–Crippen MR) is 112 cm³/mol. The first-order valence-electron chi connectivity index (χ1n) is 9.79. The van der Waals surface area contributed by atoms with E-state index in [9.17, 15) is 4.79 Å². The lowest BCUT2D eigenvalue weighted by Gasteiger charge is -2.32. The van der Waals surface area contributed by atoms with Gasteiger partial charge in [0.05, 0.1) is 20.8 Å². The monoisotopic (exact) mass is 381 g/mol. The molecule has 4 nitrogen and oxygen atoms in total. The third-order valence-electron chi connectivity index (χ3n) is 5.60. The Labute approximate surface area is 164 Å². The molecule has 142 valence electrons. The molecule has 5 heteroatoms. The van der Waals surface area contributed by atoms with Crippen molar-refractivity contribution in [3.05, 3.63) is 52.3 Å². The number of amides is 1. The highest BCUT2D eigenvalue weighted by atomic mass is 32.1. The second-order valence-electron chi connectivity index (χ2n) is 7.86. The molecule has 1 aromatic carbocycles. The Morgan fingerprint density at radius 1 is 1.26 bits per heavy atom. The summed E-state index contributed by atoms with van der Waals surface area (Å²) in [6, 6.07) is 10.7. The van der Waals surface area contributed by atoms with Gasteiger partial charge in [0.1, 0.15) is 0 Å². The molecule has 3 heterocycles. The Morgan fingerprint density at radius 3 is 2.74 bits per heavy atom. The summed E-state index contributed by atoms with van der Waals surface area (Å²) in [4.78, 5) is 20.1. The van der Waals surface area contributed by atoms with Crippen molar-refractivity contribution in [1.82, 2.24) is 14.5 Å². The number of nitrogens with zero attached hydrogens (tertiary/aromatic N) is 3. The fraction of sp³-hybridized carbons (Fsp3) is 0.455. The quantitative estimate of drug-likeness (QED) is 0.616. The highest BCUT2D eigenvalue weighted by molar-refractivity contribution is 7.18. The summed E-state index contributed by atoms with van der Waals surface area (Å²) in [6.45, 7) is 10.1. The smallest absolute Gasteiger partial charge is 0.255 e. The van der Waals surface area contributed by atoms with Crippen LogP contribution in [0.25, 0.3) is 10.2 Å². The zero-order valence-corrected chi connectivity index (χ0v) is 17.3. The molecular formula is C22H27N3OS. The second kappa shape index (κ2) is 7.12. The standard InChI is InChI=1S/C22H27N3OS/c1-14(2)25-15(3)12-18(16(25)4)22(26)24-11-7-8-17(13-24)21-23-19-9-5-6-10-20(19)27-21/h5-6,9-10,12,14,17H,7-8,11,13H2,1-4H3/t17-/m0/s1. The average Bonchev–Trinajstić information content (AvgIpc) is 3.22. The number of piperidine rings is 1. The molecule has 1 aliphatic rings. The third-order valence-corrected chi connectivity index (χ3v) is 6.80. The Bertz CT molecular complexity index is 952. The molecule has 1 amide bonds. The summed E-state index contributed by atoms with van der Waals surface area (Å²) in [5.41, 5.74) is 4.16. The number of thiazole rings is 1. The van der Waals surface area contributed by atoms with Crippen LogP contribution in [-0.4, -0.2) is 33.4 Å². The number of carbonyl (C=O) groups is 1. The van der Waals surface area contributed by atoms with E-state index in [1.54, 1.807) is 11.3 Å². The first-order chi connectivity index (χ1) is 13.0. The molecule has 0 bridgehead atoms. The van der Waals surface area contributed by atoms with E-state index >= 15 is 0 Å². The molecular weight excluding hydrogens is 354 g/mol. The normalized spacial score (nSPS) is 17.8. The lowest BCUT2D eigenvalue weighted by Crippen LogP contribution is -2.39. The van der Waals surface area contributed by atoms with E-state index in [1.807, 2.05) is 11.0 Å². The molecule has 0 radical (unpaired) electrons. The minimum atomic E-state index is 0.167. The molecule has 0 saturated carbocycles. The van der Waals surface area contributed by atoms with Crippen LogP contribution in [0.3, 0.4) is 0 Å². The number of aromatic nitrogens is 2. The minimum Gasteiger partial charge on any atom is -0.346 e. The molecule has 2 aromatic heterocycles. The fourth-order valence-electron chi connectivity index (χ4n) is 4.39. The van der Waals surface area contributed by atoms with Gasteiger partial charge in [-0.3, -0.25) is 4.79 Å².